The number of rotatable bonds is 5. The number of esters is 1. The number of carbonyl (C=O) groups excluding carboxylic acids is 1. The molecule has 0 radical (unpaired) electrons. The van der Waals surface area contributed by atoms with Gasteiger partial charge in [0.2, 0.25) is 0 Å². The second-order valence-electron chi connectivity index (χ2n) is 4.12. The molecule has 0 aromatic carbocycles. The van der Waals surface area contributed by atoms with Crippen LogP contribution in [0.2, 0.25) is 0 Å². The van der Waals surface area contributed by atoms with E-state index in [-0.39, 0.29) is 5.97 Å². The van der Waals surface area contributed by atoms with Crippen LogP contribution in [-0.4, -0.2) is 30.9 Å². The van der Waals surface area contributed by atoms with Crippen LogP contribution >= 0.6 is 0 Å². The Kier molecular flexibility index (Phi) is 3.62. The monoisotopic (exact) mass is 223 g/mol. The zero-order valence-corrected chi connectivity index (χ0v) is 9.52. The number of ether oxygens (including phenoxy) is 2. The molecule has 1 saturated heterocycles. The molecule has 0 amide bonds. The van der Waals surface area contributed by atoms with E-state index in [0.717, 1.165) is 32.1 Å². The predicted octanol–water partition coefficient (Wildman–Crippen LogP) is 1.70. The van der Waals surface area contributed by atoms with Crippen LogP contribution in [0, 0.1) is 5.92 Å². The number of hydrogen-bond donors (Lipinski definition) is 0. The Morgan fingerprint density at radius 2 is 2.44 bits per heavy atom. The molecule has 0 unspecified atom stereocenters. The van der Waals surface area contributed by atoms with Crippen LogP contribution in [-0.2, 0) is 16.0 Å². The fourth-order valence-electron chi connectivity index (χ4n) is 1.90. The van der Waals surface area contributed by atoms with Gasteiger partial charge < -0.3 is 14.0 Å². The van der Waals surface area contributed by atoms with Gasteiger partial charge in [-0.05, 0) is 25.0 Å². The SMILES string of the molecule is COC(=O)c1cccn1CCCC1COC1. The van der Waals surface area contributed by atoms with Gasteiger partial charge in [0.15, 0.2) is 0 Å². The van der Waals surface area contributed by atoms with Crippen molar-refractivity contribution in [3.05, 3.63) is 24.0 Å². The van der Waals surface area contributed by atoms with Crippen molar-refractivity contribution in [1.82, 2.24) is 4.57 Å². The molecule has 0 spiro atoms. The van der Waals surface area contributed by atoms with Crippen molar-refractivity contribution < 1.29 is 14.3 Å². The lowest BCUT2D eigenvalue weighted by molar-refractivity contribution is -0.0366. The van der Waals surface area contributed by atoms with Crippen molar-refractivity contribution in [2.45, 2.75) is 19.4 Å². The van der Waals surface area contributed by atoms with Crippen molar-refractivity contribution in [2.75, 3.05) is 20.3 Å². The van der Waals surface area contributed by atoms with E-state index in [1.54, 1.807) is 6.07 Å². The topological polar surface area (TPSA) is 40.5 Å². The molecule has 1 fully saturated rings. The highest BCUT2D eigenvalue weighted by atomic mass is 16.5. The summed E-state index contributed by atoms with van der Waals surface area (Å²) in [7, 11) is 1.41. The summed E-state index contributed by atoms with van der Waals surface area (Å²) in [6.07, 6.45) is 4.16. The lowest BCUT2D eigenvalue weighted by Crippen LogP contribution is -2.27. The van der Waals surface area contributed by atoms with E-state index in [1.165, 1.54) is 13.5 Å². The highest BCUT2D eigenvalue weighted by Gasteiger charge is 2.18. The molecule has 0 bridgehead atoms. The minimum atomic E-state index is -0.267. The molecule has 4 nitrogen and oxygen atoms in total. The fraction of sp³-hybridized carbons (Fsp3) is 0.583. The maximum atomic E-state index is 11.4. The predicted molar refractivity (Wildman–Crippen MR) is 59.3 cm³/mol. The van der Waals surface area contributed by atoms with Crippen molar-refractivity contribution in [2.24, 2.45) is 5.92 Å². The average molecular weight is 223 g/mol. The maximum Gasteiger partial charge on any atom is 0.354 e. The number of nitrogens with zero attached hydrogens (tertiary/aromatic N) is 1. The third kappa shape index (κ3) is 2.44. The van der Waals surface area contributed by atoms with E-state index in [9.17, 15) is 4.79 Å². The number of methoxy groups -OCH3 is 1. The highest BCUT2D eigenvalue weighted by molar-refractivity contribution is 5.87. The van der Waals surface area contributed by atoms with E-state index in [4.69, 9.17) is 9.47 Å². The van der Waals surface area contributed by atoms with Gasteiger partial charge in [-0.2, -0.15) is 0 Å². The molecule has 1 aliphatic heterocycles. The minimum Gasteiger partial charge on any atom is -0.464 e. The van der Waals surface area contributed by atoms with Crippen LogP contribution in [0.15, 0.2) is 18.3 Å². The number of aromatic nitrogens is 1. The van der Waals surface area contributed by atoms with Crippen LogP contribution in [0.3, 0.4) is 0 Å². The smallest absolute Gasteiger partial charge is 0.354 e. The van der Waals surface area contributed by atoms with Crippen LogP contribution in [0.25, 0.3) is 0 Å². The lowest BCUT2D eigenvalue weighted by Gasteiger charge is -2.25. The Hall–Kier alpha value is -1.29. The molecule has 1 aromatic heterocycles. The van der Waals surface area contributed by atoms with Crippen molar-refractivity contribution >= 4 is 5.97 Å². The molecule has 0 N–H and O–H groups in total. The number of aryl methyl sites for hydroxylation is 1. The second-order valence-corrected chi connectivity index (χ2v) is 4.12. The van der Waals surface area contributed by atoms with Crippen LogP contribution in [0.5, 0.6) is 0 Å². The molecule has 4 heteroatoms. The normalized spacial score (nSPS) is 15.8. The van der Waals surface area contributed by atoms with Crippen LogP contribution in [0.1, 0.15) is 23.3 Å². The lowest BCUT2D eigenvalue weighted by atomic mass is 10.0. The summed E-state index contributed by atoms with van der Waals surface area (Å²) in [4.78, 5) is 11.4. The van der Waals surface area contributed by atoms with Gasteiger partial charge in [0, 0.05) is 18.7 Å². The van der Waals surface area contributed by atoms with E-state index in [2.05, 4.69) is 0 Å². The summed E-state index contributed by atoms with van der Waals surface area (Å²) in [6.45, 7) is 2.67. The zero-order valence-electron chi connectivity index (χ0n) is 9.52. The molecule has 2 heterocycles. The van der Waals surface area contributed by atoms with Gasteiger partial charge in [0.05, 0.1) is 20.3 Å². The quantitative estimate of drug-likeness (QED) is 0.713. The summed E-state index contributed by atoms with van der Waals surface area (Å²) >= 11 is 0. The average Bonchev–Trinajstić information content (AvgIpc) is 2.69. The van der Waals surface area contributed by atoms with Gasteiger partial charge in [-0.25, -0.2) is 4.79 Å². The van der Waals surface area contributed by atoms with Crippen LogP contribution < -0.4 is 0 Å². The van der Waals surface area contributed by atoms with E-state index < -0.39 is 0 Å². The fourth-order valence-corrected chi connectivity index (χ4v) is 1.90. The number of carbonyl (C=O) groups is 1. The molecule has 0 aliphatic carbocycles. The number of hydrogen-bond acceptors (Lipinski definition) is 3. The first-order chi connectivity index (χ1) is 7.81. The summed E-state index contributed by atoms with van der Waals surface area (Å²) in [6, 6.07) is 3.66. The molecule has 2 rings (SSSR count). The standard InChI is InChI=1S/C12H17NO3/c1-15-12(14)11-5-3-7-13(11)6-2-4-10-8-16-9-10/h3,5,7,10H,2,4,6,8-9H2,1H3. The van der Waals surface area contributed by atoms with Crippen molar-refractivity contribution in [3.63, 3.8) is 0 Å². The molecule has 1 aromatic rings. The minimum absolute atomic E-state index is 0.267. The first kappa shape index (κ1) is 11.2. The van der Waals surface area contributed by atoms with Gasteiger partial charge in [0.25, 0.3) is 0 Å². The van der Waals surface area contributed by atoms with Gasteiger partial charge >= 0.3 is 5.97 Å². The third-order valence-electron chi connectivity index (χ3n) is 2.94. The molecule has 16 heavy (non-hydrogen) atoms. The molecular formula is C12H17NO3. The van der Waals surface area contributed by atoms with E-state index in [0.29, 0.717) is 5.69 Å². The Bertz CT molecular complexity index is 355. The van der Waals surface area contributed by atoms with Crippen molar-refractivity contribution in [1.29, 1.82) is 0 Å². The first-order valence-corrected chi connectivity index (χ1v) is 5.62. The Morgan fingerprint density at radius 1 is 1.62 bits per heavy atom. The Labute approximate surface area is 95.2 Å². The highest BCUT2D eigenvalue weighted by Crippen LogP contribution is 2.17. The van der Waals surface area contributed by atoms with Gasteiger partial charge in [0.1, 0.15) is 5.69 Å². The van der Waals surface area contributed by atoms with Crippen LogP contribution in [0.4, 0.5) is 0 Å². The third-order valence-corrected chi connectivity index (χ3v) is 2.94. The van der Waals surface area contributed by atoms with Crippen molar-refractivity contribution in [3.8, 4) is 0 Å². The van der Waals surface area contributed by atoms with Gasteiger partial charge in [-0.15, -0.1) is 0 Å². The van der Waals surface area contributed by atoms with E-state index in [1.807, 2.05) is 16.8 Å². The first-order valence-electron chi connectivity index (χ1n) is 5.62. The Balaban J connectivity index is 1.83. The maximum absolute atomic E-state index is 11.4. The Morgan fingerprint density at radius 3 is 3.06 bits per heavy atom. The molecule has 1 aliphatic rings. The summed E-state index contributed by atoms with van der Waals surface area (Å²) in [5, 5.41) is 0. The van der Waals surface area contributed by atoms with Gasteiger partial charge in [-0.3, -0.25) is 0 Å². The molecular weight excluding hydrogens is 206 g/mol. The molecule has 88 valence electrons. The van der Waals surface area contributed by atoms with E-state index >= 15 is 0 Å². The zero-order chi connectivity index (χ0) is 11.4. The summed E-state index contributed by atoms with van der Waals surface area (Å²) < 4.78 is 11.8. The van der Waals surface area contributed by atoms with Gasteiger partial charge in [-0.1, -0.05) is 0 Å². The largest absolute Gasteiger partial charge is 0.464 e. The molecule has 0 atom stereocenters. The summed E-state index contributed by atoms with van der Waals surface area (Å²) in [5.74, 6) is 0.453. The summed E-state index contributed by atoms with van der Waals surface area (Å²) in [5.41, 5.74) is 0.632. The second kappa shape index (κ2) is 5.16. The molecule has 0 saturated carbocycles.